The fraction of sp³-hybridized carbons (Fsp3) is 0.364. The molecule has 0 amide bonds. The smallest absolute Gasteiger partial charge is 0.216 e. The van der Waals surface area contributed by atoms with Crippen molar-refractivity contribution in [2.75, 3.05) is 38.3 Å². The van der Waals surface area contributed by atoms with E-state index in [0.29, 0.717) is 34.9 Å². The van der Waals surface area contributed by atoms with E-state index in [0.717, 1.165) is 44.1 Å². The highest BCUT2D eigenvalue weighted by molar-refractivity contribution is 5.73. The van der Waals surface area contributed by atoms with E-state index in [-0.39, 0.29) is 5.75 Å². The zero-order valence-corrected chi connectivity index (χ0v) is 17.2. The number of hydrogen-bond donors (Lipinski definition) is 2. The fourth-order valence-electron chi connectivity index (χ4n) is 3.92. The van der Waals surface area contributed by atoms with Gasteiger partial charge in [0.15, 0.2) is 5.82 Å². The lowest BCUT2D eigenvalue weighted by Gasteiger charge is -2.30. The fourth-order valence-corrected chi connectivity index (χ4v) is 3.92. The van der Waals surface area contributed by atoms with E-state index in [2.05, 4.69) is 30.4 Å². The van der Waals surface area contributed by atoms with Gasteiger partial charge >= 0.3 is 0 Å². The summed E-state index contributed by atoms with van der Waals surface area (Å²) >= 11 is 0. The molecule has 0 saturated carbocycles. The Kier molecular flexibility index (Phi) is 5.35. The number of phenols is 1. The van der Waals surface area contributed by atoms with Crippen LogP contribution in [0, 0.1) is 0 Å². The molecule has 31 heavy (non-hydrogen) atoms. The predicted octanol–water partition coefficient (Wildman–Crippen LogP) is 1.88. The molecule has 160 valence electrons. The Morgan fingerprint density at radius 3 is 2.68 bits per heavy atom. The lowest BCUT2D eigenvalue weighted by molar-refractivity contribution is -0.00895. The van der Waals surface area contributed by atoms with Gasteiger partial charge in [0.05, 0.1) is 37.8 Å². The number of benzene rings is 1. The van der Waals surface area contributed by atoms with Gasteiger partial charge in [-0.25, -0.2) is 9.97 Å². The van der Waals surface area contributed by atoms with Crippen LogP contribution in [0.1, 0.15) is 6.42 Å². The maximum atomic E-state index is 10.6. The first-order valence-corrected chi connectivity index (χ1v) is 10.3. The predicted molar refractivity (Wildman–Crippen MR) is 115 cm³/mol. The summed E-state index contributed by atoms with van der Waals surface area (Å²) in [4.78, 5) is 10.5. The van der Waals surface area contributed by atoms with Crippen LogP contribution < -0.4 is 15.0 Å². The van der Waals surface area contributed by atoms with E-state index in [4.69, 9.17) is 9.47 Å². The molecular formula is C22H24N6O3. The van der Waals surface area contributed by atoms with E-state index in [1.165, 1.54) is 6.33 Å². The molecule has 2 N–H and O–H groups in total. The third kappa shape index (κ3) is 4.14. The lowest BCUT2D eigenvalue weighted by atomic mass is 10.1. The van der Waals surface area contributed by atoms with Crippen LogP contribution in [-0.4, -0.2) is 70.8 Å². The van der Waals surface area contributed by atoms with Crippen LogP contribution in [0.4, 0.5) is 5.82 Å². The molecule has 2 saturated heterocycles. The molecule has 3 aromatic rings. The molecule has 5 rings (SSSR count). The summed E-state index contributed by atoms with van der Waals surface area (Å²) in [5, 5.41) is 23.0. The molecule has 9 nitrogen and oxygen atoms in total. The molecule has 2 aliphatic rings. The number of nitrogens with one attached hydrogen (secondary N) is 1. The number of ether oxygens (including phenoxy) is 2. The van der Waals surface area contributed by atoms with E-state index in [1.807, 2.05) is 24.3 Å². The van der Waals surface area contributed by atoms with Crippen LogP contribution in [0.5, 0.6) is 11.6 Å². The van der Waals surface area contributed by atoms with E-state index < -0.39 is 0 Å². The van der Waals surface area contributed by atoms with Crippen LogP contribution in [0.15, 0.2) is 42.7 Å². The van der Waals surface area contributed by atoms with Crippen LogP contribution in [0.25, 0.3) is 22.5 Å². The van der Waals surface area contributed by atoms with Gasteiger partial charge in [0.1, 0.15) is 12.1 Å². The lowest BCUT2D eigenvalue weighted by Crippen LogP contribution is -2.51. The standard InChI is InChI=1S/C22H24N6O3/c1-30-22-9-19(23-13-24-22)14-2-3-17(20(29)8-14)18-4-5-21(27-26-18)28-7-6-15(10-28)25-16-11-31-12-16/h2-5,8-9,13,15-16,25,29H,6-7,10-12H2,1H3/t15-/m1/s1. The van der Waals surface area contributed by atoms with Crippen LogP contribution in [0.3, 0.4) is 0 Å². The Hall–Kier alpha value is -3.30. The minimum atomic E-state index is 0.116. The van der Waals surface area contributed by atoms with E-state index in [9.17, 15) is 5.11 Å². The third-order valence-corrected chi connectivity index (χ3v) is 5.69. The quantitative estimate of drug-likeness (QED) is 0.618. The summed E-state index contributed by atoms with van der Waals surface area (Å²) < 4.78 is 10.4. The summed E-state index contributed by atoms with van der Waals surface area (Å²) in [7, 11) is 1.55. The molecular weight excluding hydrogens is 396 g/mol. The van der Waals surface area contributed by atoms with Crippen molar-refractivity contribution in [3.63, 3.8) is 0 Å². The second-order valence-corrected chi connectivity index (χ2v) is 7.79. The largest absolute Gasteiger partial charge is 0.507 e. The molecule has 0 aliphatic carbocycles. The summed E-state index contributed by atoms with van der Waals surface area (Å²) in [5.74, 6) is 1.43. The maximum Gasteiger partial charge on any atom is 0.216 e. The van der Waals surface area contributed by atoms with Crippen molar-refractivity contribution in [1.29, 1.82) is 0 Å². The number of hydrogen-bond acceptors (Lipinski definition) is 9. The van der Waals surface area contributed by atoms with Gasteiger partial charge in [0.2, 0.25) is 5.88 Å². The Labute approximate surface area is 180 Å². The summed E-state index contributed by atoms with van der Waals surface area (Å²) in [6.07, 6.45) is 2.51. The molecule has 0 spiro atoms. The van der Waals surface area contributed by atoms with Crippen LogP contribution in [-0.2, 0) is 4.74 Å². The second kappa shape index (κ2) is 8.44. The number of methoxy groups -OCH3 is 1. The first kappa shape index (κ1) is 19.7. The highest BCUT2D eigenvalue weighted by Crippen LogP contribution is 2.32. The van der Waals surface area contributed by atoms with Crippen LogP contribution >= 0.6 is 0 Å². The van der Waals surface area contributed by atoms with Gasteiger partial charge in [-0.05, 0) is 30.7 Å². The summed E-state index contributed by atoms with van der Waals surface area (Å²) in [6, 6.07) is 11.9. The van der Waals surface area contributed by atoms with Gasteiger partial charge < -0.3 is 24.8 Å². The minimum absolute atomic E-state index is 0.116. The number of nitrogens with zero attached hydrogens (tertiary/aromatic N) is 5. The maximum absolute atomic E-state index is 10.6. The molecule has 0 radical (unpaired) electrons. The zero-order valence-electron chi connectivity index (χ0n) is 17.2. The summed E-state index contributed by atoms with van der Waals surface area (Å²) in [6.45, 7) is 3.46. The summed E-state index contributed by atoms with van der Waals surface area (Å²) in [5.41, 5.74) is 2.67. The Balaban J connectivity index is 1.29. The number of phenolic OH excluding ortho intramolecular Hbond substituents is 1. The average Bonchev–Trinajstić information content (AvgIpc) is 3.25. The molecule has 4 heterocycles. The van der Waals surface area contributed by atoms with Gasteiger partial charge in [-0.2, -0.15) is 0 Å². The van der Waals surface area contributed by atoms with Gasteiger partial charge in [-0.1, -0.05) is 6.07 Å². The highest BCUT2D eigenvalue weighted by atomic mass is 16.5. The van der Waals surface area contributed by atoms with Crippen LogP contribution in [0.2, 0.25) is 0 Å². The Bertz CT molecular complexity index is 1060. The molecule has 1 aromatic carbocycles. The molecule has 2 aromatic heterocycles. The van der Waals surface area contributed by atoms with Gasteiger partial charge in [-0.15, -0.1) is 10.2 Å². The molecule has 0 bridgehead atoms. The van der Waals surface area contributed by atoms with Gasteiger partial charge in [-0.3, -0.25) is 0 Å². The topological polar surface area (TPSA) is 106 Å². The number of aromatic nitrogens is 4. The Morgan fingerprint density at radius 2 is 1.97 bits per heavy atom. The van der Waals surface area contributed by atoms with Gasteiger partial charge in [0.25, 0.3) is 0 Å². The molecule has 9 heteroatoms. The first-order chi connectivity index (χ1) is 15.2. The van der Waals surface area contributed by atoms with Crippen molar-refractivity contribution in [1.82, 2.24) is 25.5 Å². The number of anilines is 1. The van der Waals surface area contributed by atoms with Crippen molar-refractivity contribution in [3.8, 4) is 34.1 Å². The van der Waals surface area contributed by atoms with Crippen molar-refractivity contribution in [3.05, 3.63) is 42.7 Å². The first-order valence-electron chi connectivity index (χ1n) is 10.3. The minimum Gasteiger partial charge on any atom is -0.507 e. The van der Waals surface area contributed by atoms with E-state index in [1.54, 1.807) is 19.2 Å². The molecule has 2 aliphatic heterocycles. The van der Waals surface area contributed by atoms with Gasteiger partial charge in [0, 0.05) is 36.3 Å². The third-order valence-electron chi connectivity index (χ3n) is 5.69. The molecule has 2 fully saturated rings. The monoisotopic (exact) mass is 420 g/mol. The average molecular weight is 420 g/mol. The second-order valence-electron chi connectivity index (χ2n) is 7.79. The van der Waals surface area contributed by atoms with Crippen molar-refractivity contribution in [2.24, 2.45) is 0 Å². The van der Waals surface area contributed by atoms with Crippen molar-refractivity contribution < 1.29 is 14.6 Å². The number of aromatic hydroxyl groups is 1. The molecule has 0 unspecified atom stereocenters. The highest BCUT2D eigenvalue weighted by Gasteiger charge is 2.28. The van der Waals surface area contributed by atoms with E-state index >= 15 is 0 Å². The molecule has 1 atom stereocenters. The SMILES string of the molecule is COc1cc(-c2ccc(-c3ccc(N4CC[C@@H](NC5COC5)C4)nn3)c(O)c2)ncn1. The zero-order chi connectivity index (χ0) is 21.2. The normalized spacial score (nSPS) is 18.7. The van der Waals surface area contributed by atoms with Crippen molar-refractivity contribution >= 4 is 5.82 Å². The van der Waals surface area contributed by atoms with Crippen molar-refractivity contribution in [2.45, 2.75) is 18.5 Å². The number of rotatable bonds is 6. The Morgan fingerprint density at radius 1 is 1.06 bits per heavy atom.